The molecule has 1 unspecified atom stereocenters. The van der Waals surface area contributed by atoms with Gasteiger partial charge in [0.05, 0.1) is 0 Å². The van der Waals surface area contributed by atoms with Crippen molar-refractivity contribution in [3.8, 4) is 5.75 Å². The number of aliphatic hydroxyl groups excluding tert-OH is 1. The molecule has 33 heavy (non-hydrogen) atoms. The molecule has 0 aliphatic carbocycles. The van der Waals surface area contributed by atoms with Gasteiger partial charge in [0.2, 0.25) is 5.91 Å². The largest absolute Gasteiger partial charge is 0.508 e. The molecular formula is C28H46N2O3. The first-order chi connectivity index (χ1) is 16.1. The fraction of sp³-hybridized carbons (Fsp3) is 0.679. The number of aromatic amines is 1. The van der Waals surface area contributed by atoms with Gasteiger partial charge in [-0.15, -0.1) is 0 Å². The second-order valence-electron chi connectivity index (χ2n) is 9.53. The van der Waals surface area contributed by atoms with Crippen LogP contribution in [0.1, 0.15) is 115 Å². The van der Waals surface area contributed by atoms with Crippen LogP contribution in [0.5, 0.6) is 5.75 Å². The summed E-state index contributed by atoms with van der Waals surface area (Å²) in [5.41, 5.74) is 1.78. The van der Waals surface area contributed by atoms with Gasteiger partial charge in [0.15, 0.2) is 0 Å². The Bertz CT molecular complexity index is 787. The van der Waals surface area contributed by atoms with E-state index in [1.807, 2.05) is 6.20 Å². The Balaban J connectivity index is 1.42. The number of nitrogens with one attached hydrogen (secondary N) is 2. The summed E-state index contributed by atoms with van der Waals surface area (Å²) in [6.45, 7) is 2.27. The Kier molecular flexibility index (Phi) is 13.7. The highest BCUT2D eigenvalue weighted by Crippen LogP contribution is 2.23. The van der Waals surface area contributed by atoms with Crippen LogP contribution < -0.4 is 5.32 Å². The minimum atomic E-state index is -0.921. The number of hydrogen-bond donors (Lipinski definition) is 4. The monoisotopic (exact) mass is 458 g/mol. The molecule has 2 rings (SSSR count). The summed E-state index contributed by atoms with van der Waals surface area (Å²) < 4.78 is 0. The first-order valence-electron chi connectivity index (χ1n) is 13.4. The lowest BCUT2D eigenvalue weighted by Gasteiger charge is -2.12. The minimum Gasteiger partial charge on any atom is -0.508 e. The molecule has 186 valence electrons. The first kappa shape index (κ1) is 27.2. The quantitative estimate of drug-likeness (QED) is 0.134. The van der Waals surface area contributed by atoms with Gasteiger partial charge in [0.1, 0.15) is 12.0 Å². The molecule has 0 saturated carbocycles. The molecular weight excluding hydrogens is 412 g/mol. The number of amides is 1. The van der Waals surface area contributed by atoms with Gasteiger partial charge in [-0.25, -0.2) is 0 Å². The summed E-state index contributed by atoms with van der Waals surface area (Å²) in [7, 11) is 0. The van der Waals surface area contributed by atoms with Gasteiger partial charge < -0.3 is 20.5 Å². The van der Waals surface area contributed by atoms with Crippen LogP contribution in [0, 0.1) is 0 Å². The van der Waals surface area contributed by atoms with Crippen molar-refractivity contribution in [1.82, 2.24) is 10.3 Å². The molecule has 0 spiro atoms. The summed E-state index contributed by atoms with van der Waals surface area (Å²) in [6, 6.07) is 5.10. The van der Waals surface area contributed by atoms with Crippen LogP contribution in [0.2, 0.25) is 0 Å². The number of unbranched alkanes of at least 4 members (excludes halogenated alkanes) is 14. The summed E-state index contributed by atoms with van der Waals surface area (Å²) in [5, 5.41) is 23.5. The van der Waals surface area contributed by atoms with Gasteiger partial charge in [-0.1, -0.05) is 96.8 Å². The standard InChI is InChI=1S/C28H46N2O3/c1-2-3-4-5-6-7-8-9-10-11-12-13-14-15-16-17-27(32)30-28(33)20-23-22-29-26-19-18-24(31)21-25(23)26/h18-19,21-22,28-29,31,33H,2-17,20H2,1H3,(H,30,32). The number of fused-ring (bicyclic) bond motifs is 1. The average molecular weight is 459 g/mol. The lowest BCUT2D eigenvalue weighted by molar-refractivity contribution is -0.124. The van der Waals surface area contributed by atoms with Crippen molar-refractivity contribution in [1.29, 1.82) is 0 Å². The van der Waals surface area contributed by atoms with E-state index in [0.29, 0.717) is 12.8 Å². The molecule has 1 amide bonds. The fourth-order valence-electron chi connectivity index (χ4n) is 4.51. The lowest BCUT2D eigenvalue weighted by atomic mass is 10.0. The van der Waals surface area contributed by atoms with E-state index in [9.17, 15) is 15.0 Å². The van der Waals surface area contributed by atoms with Gasteiger partial charge >= 0.3 is 0 Å². The van der Waals surface area contributed by atoms with E-state index < -0.39 is 6.23 Å². The molecule has 0 saturated heterocycles. The number of aliphatic hydroxyl groups is 1. The maximum atomic E-state index is 12.1. The fourth-order valence-corrected chi connectivity index (χ4v) is 4.51. The molecule has 0 aliphatic rings. The highest BCUT2D eigenvalue weighted by molar-refractivity contribution is 5.84. The molecule has 0 radical (unpaired) electrons. The van der Waals surface area contributed by atoms with E-state index in [1.54, 1.807) is 18.2 Å². The van der Waals surface area contributed by atoms with Crippen molar-refractivity contribution in [2.24, 2.45) is 0 Å². The molecule has 5 nitrogen and oxygen atoms in total. The number of rotatable bonds is 19. The molecule has 5 heteroatoms. The van der Waals surface area contributed by atoms with Crippen molar-refractivity contribution in [3.05, 3.63) is 30.0 Å². The predicted molar refractivity (Wildman–Crippen MR) is 137 cm³/mol. The molecule has 0 fully saturated rings. The SMILES string of the molecule is CCCCCCCCCCCCCCCCCC(=O)NC(O)Cc1c[nH]c2ccc(O)cc12. The zero-order valence-electron chi connectivity index (χ0n) is 20.7. The smallest absolute Gasteiger partial charge is 0.221 e. The molecule has 1 aromatic carbocycles. The molecule has 2 aromatic rings. The Labute approximate surface area is 200 Å². The van der Waals surface area contributed by atoms with Gasteiger partial charge in [0.25, 0.3) is 0 Å². The molecule has 0 bridgehead atoms. The predicted octanol–water partition coefficient (Wildman–Crippen LogP) is 7.11. The Morgan fingerprint density at radius 2 is 1.42 bits per heavy atom. The van der Waals surface area contributed by atoms with Crippen molar-refractivity contribution in [2.45, 2.75) is 122 Å². The molecule has 1 atom stereocenters. The van der Waals surface area contributed by atoms with E-state index >= 15 is 0 Å². The number of H-pyrrole nitrogens is 1. The van der Waals surface area contributed by atoms with Crippen LogP contribution >= 0.6 is 0 Å². The van der Waals surface area contributed by atoms with Crippen LogP contribution in [-0.2, 0) is 11.2 Å². The number of phenolic OH excluding ortho intramolecular Hbond substituents is 1. The van der Waals surface area contributed by atoms with Crippen LogP contribution in [0.15, 0.2) is 24.4 Å². The number of carbonyl (C=O) groups is 1. The maximum Gasteiger partial charge on any atom is 0.221 e. The van der Waals surface area contributed by atoms with E-state index in [1.165, 1.54) is 83.5 Å². The highest BCUT2D eigenvalue weighted by Gasteiger charge is 2.13. The normalized spacial score (nSPS) is 12.3. The third kappa shape index (κ3) is 11.6. The van der Waals surface area contributed by atoms with Crippen molar-refractivity contribution < 1.29 is 15.0 Å². The summed E-state index contributed by atoms with van der Waals surface area (Å²) in [6.07, 6.45) is 21.2. The molecule has 1 heterocycles. The highest BCUT2D eigenvalue weighted by atomic mass is 16.3. The number of carbonyl (C=O) groups excluding carboxylic acids is 1. The number of hydrogen-bond acceptors (Lipinski definition) is 3. The second-order valence-corrected chi connectivity index (χ2v) is 9.53. The zero-order valence-corrected chi connectivity index (χ0v) is 20.7. The lowest BCUT2D eigenvalue weighted by Crippen LogP contribution is -2.35. The zero-order chi connectivity index (χ0) is 23.7. The van der Waals surface area contributed by atoms with Crippen LogP contribution in [0.25, 0.3) is 10.9 Å². The third-order valence-corrected chi connectivity index (χ3v) is 6.50. The van der Waals surface area contributed by atoms with E-state index in [2.05, 4.69) is 17.2 Å². The maximum absolute atomic E-state index is 12.1. The van der Waals surface area contributed by atoms with Gasteiger partial charge in [-0.05, 0) is 30.2 Å². The molecule has 4 N–H and O–H groups in total. The average Bonchev–Trinajstić information content (AvgIpc) is 3.18. The van der Waals surface area contributed by atoms with Crippen LogP contribution in [0.3, 0.4) is 0 Å². The molecule has 0 aliphatic heterocycles. The number of phenols is 1. The second kappa shape index (κ2) is 16.6. The van der Waals surface area contributed by atoms with Crippen LogP contribution in [-0.4, -0.2) is 27.3 Å². The van der Waals surface area contributed by atoms with E-state index in [0.717, 1.165) is 29.3 Å². The third-order valence-electron chi connectivity index (χ3n) is 6.50. The number of aromatic hydroxyl groups is 1. The van der Waals surface area contributed by atoms with Gasteiger partial charge in [0, 0.05) is 29.9 Å². The Morgan fingerprint density at radius 3 is 2.00 bits per heavy atom. The summed E-state index contributed by atoms with van der Waals surface area (Å²) in [5.74, 6) is 0.0925. The number of benzene rings is 1. The topological polar surface area (TPSA) is 85.4 Å². The van der Waals surface area contributed by atoms with Crippen molar-refractivity contribution in [2.75, 3.05) is 0 Å². The first-order valence-corrected chi connectivity index (χ1v) is 13.4. The van der Waals surface area contributed by atoms with E-state index in [4.69, 9.17) is 0 Å². The molecule has 1 aromatic heterocycles. The minimum absolute atomic E-state index is 0.0973. The van der Waals surface area contributed by atoms with E-state index in [-0.39, 0.29) is 11.7 Å². The van der Waals surface area contributed by atoms with Gasteiger partial charge in [-0.2, -0.15) is 0 Å². The van der Waals surface area contributed by atoms with Crippen molar-refractivity contribution >= 4 is 16.8 Å². The van der Waals surface area contributed by atoms with Gasteiger partial charge in [-0.3, -0.25) is 4.79 Å². The van der Waals surface area contributed by atoms with Crippen molar-refractivity contribution in [3.63, 3.8) is 0 Å². The Hall–Kier alpha value is -2.01. The van der Waals surface area contributed by atoms with Crippen LogP contribution in [0.4, 0.5) is 0 Å². The Morgan fingerprint density at radius 1 is 0.879 bits per heavy atom. The summed E-state index contributed by atoms with van der Waals surface area (Å²) in [4.78, 5) is 15.2. The number of aromatic nitrogens is 1. The summed E-state index contributed by atoms with van der Waals surface area (Å²) >= 11 is 0.